The van der Waals surface area contributed by atoms with Gasteiger partial charge in [0.15, 0.2) is 0 Å². The number of carboxylic acid groups (broad SMARTS) is 2. The SMILES string of the molecule is CC(C)(C)C(=O)O.CC(C)(C)C(=O)O.Cl.NCC(O)c1ccccc1. The lowest BCUT2D eigenvalue weighted by Gasteiger charge is -2.08. The number of carbonyl (C=O) groups is 2. The van der Waals surface area contributed by atoms with Crippen LogP contribution in [0, 0.1) is 10.8 Å². The summed E-state index contributed by atoms with van der Waals surface area (Å²) in [6.07, 6.45) is -0.513. The molecule has 1 atom stereocenters. The van der Waals surface area contributed by atoms with Gasteiger partial charge in [-0.05, 0) is 47.1 Å². The zero-order valence-electron chi connectivity index (χ0n) is 15.8. The summed E-state index contributed by atoms with van der Waals surface area (Å²) in [5.41, 5.74) is 4.97. The van der Waals surface area contributed by atoms with Crippen LogP contribution in [0.4, 0.5) is 0 Å². The molecule has 1 unspecified atom stereocenters. The minimum Gasteiger partial charge on any atom is -0.481 e. The predicted molar refractivity (Wildman–Crippen MR) is 102 cm³/mol. The van der Waals surface area contributed by atoms with Crippen LogP contribution >= 0.6 is 12.4 Å². The van der Waals surface area contributed by atoms with Gasteiger partial charge < -0.3 is 21.1 Å². The van der Waals surface area contributed by atoms with E-state index < -0.39 is 28.9 Å². The van der Waals surface area contributed by atoms with Crippen molar-refractivity contribution in [3.05, 3.63) is 35.9 Å². The molecule has 0 heterocycles. The predicted octanol–water partition coefficient (Wildman–Crippen LogP) is 3.33. The first kappa shape index (κ1) is 28.2. The average Bonchev–Trinajstić information content (AvgIpc) is 2.46. The Morgan fingerprint density at radius 3 is 1.40 bits per heavy atom. The fourth-order valence-electron chi connectivity index (χ4n) is 0.811. The van der Waals surface area contributed by atoms with Crippen LogP contribution in [0.25, 0.3) is 0 Å². The Morgan fingerprint density at radius 1 is 0.920 bits per heavy atom. The maximum absolute atomic E-state index is 10.0. The summed E-state index contributed by atoms with van der Waals surface area (Å²) in [5.74, 6) is -1.51. The van der Waals surface area contributed by atoms with Crippen molar-refractivity contribution in [3.8, 4) is 0 Å². The number of aliphatic hydroxyl groups is 1. The molecule has 7 heteroatoms. The molecule has 0 radical (unpaired) electrons. The fourth-order valence-corrected chi connectivity index (χ4v) is 0.811. The average molecular weight is 378 g/mol. The molecule has 1 aromatic rings. The molecule has 25 heavy (non-hydrogen) atoms. The van der Waals surface area contributed by atoms with Crippen LogP contribution in [0.3, 0.4) is 0 Å². The highest BCUT2D eigenvalue weighted by Crippen LogP contribution is 2.12. The van der Waals surface area contributed by atoms with E-state index in [9.17, 15) is 14.7 Å². The second kappa shape index (κ2) is 12.7. The second-order valence-corrected chi connectivity index (χ2v) is 7.27. The molecule has 5 N–H and O–H groups in total. The number of benzene rings is 1. The van der Waals surface area contributed by atoms with Gasteiger partial charge in [-0.25, -0.2) is 0 Å². The number of aliphatic hydroxyl groups excluding tert-OH is 1. The van der Waals surface area contributed by atoms with E-state index in [4.69, 9.17) is 15.9 Å². The largest absolute Gasteiger partial charge is 0.481 e. The van der Waals surface area contributed by atoms with E-state index >= 15 is 0 Å². The first-order valence-corrected chi connectivity index (χ1v) is 7.63. The molecule has 0 aromatic heterocycles. The van der Waals surface area contributed by atoms with Gasteiger partial charge in [-0.15, -0.1) is 12.4 Å². The van der Waals surface area contributed by atoms with Gasteiger partial charge >= 0.3 is 11.9 Å². The van der Waals surface area contributed by atoms with E-state index in [1.165, 1.54) is 0 Å². The van der Waals surface area contributed by atoms with E-state index in [-0.39, 0.29) is 19.0 Å². The van der Waals surface area contributed by atoms with E-state index in [2.05, 4.69) is 0 Å². The normalized spacial score (nSPS) is 11.5. The van der Waals surface area contributed by atoms with Crippen LogP contribution in [0.5, 0.6) is 0 Å². The Kier molecular flexibility index (Phi) is 14.3. The Balaban J connectivity index is -0.000000293. The molecule has 6 nitrogen and oxygen atoms in total. The van der Waals surface area contributed by atoms with E-state index in [1.807, 2.05) is 30.3 Å². The third-order valence-electron chi connectivity index (χ3n) is 2.69. The number of hydrogen-bond donors (Lipinski definition) is 4. The van der Waals surface area contributed by atoms with Crippen molar-refractivity contribution < 1.29 is 24.9 Å². The van der Waals surface area contributed by atoms with Crippen molar-refractivity contribution in [1.29, 1.82) is 0 Å². The van der Waals surface area contributed by atoms with Gasteiger partial charge in [0.05, 0.1) is 16.9 Å². The first-order valence-electron chi connectivity index (χ1n) is 7.63. The third kappa shape index (κ3) is 15.6. The second-order valence-electron chi connectivity index (χ2n) is 7.27. The molecule has 0 spiro atoms. The Labute approximate surface area is 156 Å². The summed E-state index contributed by atoms with van der Waals surface area (Å²) in [7, 11) is 0. The fraction of sp³-hybridized carbons (Fsp3) is 0.556. The molecule has 1 rings (SSSR count). The van der Waals surface area contributed by atoms with Crippen molar-refractivity contribution in [1.82, 2.24) is 0 Å². The van der Waals surface area contributed by atoms with E-state index in [0.717, 1.165) is 5.56 Å². The first-order chi connectivity index (χ1) is 10.7. The van der Waals surface area contributed by atoms with Gasteiger partial charge in [0.25, 0.3) is 0 Å². The zero-order chi connectivity index (χ0) is 19.6. The maximum Gasteiger partial charge on any atom is 0.308 e. The van der Waals surface area contributed by atoms with Crippen LogP contribution in [-0.2, 0) is 9.59 Å². The van der Waals surface area contributed by atoms with Crippen molar-refractivity contribution >= 4 is 24.3 Å². The summed E-state index contributed by atoms with van der Waals surface area (Å²) >= 11 is 0. The lowest BCUT2D eigenvalue weighted by Crippen LogP contribution is -2.18. The third-order valence-corrected chi connectivity index (χ3v) is 2.69. The molecule has 146 valence electrons. The highest BCUT2D eigenvalue weighted by molar-refractivity contribution is 5.85. The Morgan fingerprint density at radius 2 is 1.20 bits per heavy atom. The number of aliphatic carboxylic acids is 2. The summed E-state index contributed by atoms with van der Waals surface area (Å²) in [4.78, 5) is 20.0. The van der Waals surface area contributed by atoms with Crippen molar-refractivity contribution in [2.45, 2.75) is 47.6 Å². The van der Waals surface area contributed by atoms with Crippen LogP contribution in [0.2, 0.25) is 0 Å². The maximum atomic E-state index is 10.0. The molecule has 0 amide bonds. The number of carboxylic acids is 2. The van der Waals surface area contributed by atoms with Crippen molar-refractivity contribution in [2.24, 2.45) is 16.6 Å². The van der Waals surface area contributed by atoms with Crippen molar-refractivity contribution in [3.63, 3.8) is 0 Å². The van der Waals surface area contributed by atoms with Crippen LogP contribution in [0.15, 0.2) is 30.3 Å². The molecule has 0 saturated carbocycles. The van der Waals surface area contributed by atoms with Gasteiger partial charge in [-0.3, -0.25) is 9.59 Å². The smallest absolute Gasteiger partial charge is 0.308 e. The summed E-state index contributed by atoms with van der Waals surface area (Å²) in [5, 5.41) is 25.7. The molecule has 1 aromatic carbocycles. The van der Waals surface area contributed by atoms with Gasteiger partial charge in [0.2, 0.25) is 0 Å². The van der Waals surface area contributed by atoms with Gasteiger partial charge in [-0.2, -0.15) is 0 Å². The number of halogens is 1. The van der Waals surface area contributed by atoms with Crippen molar-refractivity contribution in [2.75, 3.05) is 6.54 Å². The highest BCUT2D eigenvalue weighted by atomic mass is 35.5. The lowest BCUT2D eigenvalue weighted by molar-refractivity contribution is -0.146. The molecule has 0 aliphatic carbocycles. The molecule has 0 fully saturated rings. The van der Waals surface area contributed by atoms with Crippen LogP contribution < -0.4 is 5.73 Å². The quantitative estimate of drug-likeness (QED) is 0.627. The molecular formula is C18H32ClNO5. The number of rotatable bonds is 2. The number of hydrogen-bond acceptors (Lipinski definition) is 4. The van der Waals surface area contributed by atoms with Gasteiger partial charge in [0, 0.05) is 6.54 Å². The van der Waals surface area contributed by atoms with E-state index in [1.54, 1.807) is 41.5 Å². The lowest BCUT2D eigenvalue weighted by atomic mass is 9.98. The van der Waals surface area contributed by atoms with E-state index in [0.29, 0.717) is 0 Å². The summed E-state index contributed by atoms with van der Waals surface area (Å²) in [6, 6.07) is 9.39. The van der Waals surface area contributed by atoms with Gasteiger partial charge in [-0.1, -0.05) is 30.3 Å². The topological polar surface area (TPSA) is 121 Å². The minimum absolute atomic E-state index is 0. The summed E-state index contributed by atoms with van der Waals surface area (Å²) < 4.78 is 0. The number of nitrogens with two attached hydrogens (primary N) is 1. The minimum atomic E-state index is -0.757. The van der Waals surface area contributed by atoms with Crippen LogP contribution in [-0.4, -0.2) is 33.8 Å². The molecule has 0 aliphatic rings. The zero-order valence-corrected chi connectivity index (χ0v) is 16.6. The summed E-state index contributed by atoms with van der Waals surface area (Å²) in [6.45, 7) is 10.3. The van der Waals surface area contributed by atoms with Crippen LogP contribution in [0.1, 0.15) is 53.2 Å². The van der Waals surface area contributed by atoms with Gasteiger partial charge in [0.1, 0.15) is 0 Å². The molecular weight excluding hydrogens is 346 g/mol. The standard InChI is InChI=1S/C8H11NO.2C5H10O2.ClH/c9-6-8(10)7-4-2-1-3-5-7;2*1-5(2,3)4(6)7;/h1-5,8,10H,6,9H2;2*1-3H3,(H,6,7);1H. The molecule has 0 saturated heterocycles. The Bertz CT molecular complexity index is 468. The molecule has 0 aliphatic heterocycles. The highest BCUT2D eigenvalue weighted by Gasteiger charge is 2.19. The molecule has 0 bridgehead atoms. The Hall–Kier alpha value is -1.63. The monoisotopic (exact) mass is 377 g/mol.